The second-order valence-electron chi connectivity index (χ2n) is 6.47. The van der Waals surface area contributed by atoms with Crippen LogP contribution in [-0.4, -0.2) is 35.0 Å². The van der Waals surface area contributed by atoms with Gasteiger partial charge in [-0.1, -0.05) is 6.07 Å². The van der Waals surface area contributed by atoms with Crippen LogP contribution in [0.3, 0.4) is 0 Å². The van der Waals surface area contributed by atoms with Gasteiger partial charge in [0.15, 0.2) is 0 Å². The van der Waals surface area contributed by atoms with Crippen molar-refractivity contribution < 1.29 is 14.3 Å². The van der Waals surface area contributed by atoms with E-state index in [0.29, 0.717) is 13.0 Å². The highest BCUT2D eigenvalue weighted by molar-refractivity contribution is 5.92. The summed E-state index contributed by atoms with van der Waals surface area (Å²) in [6.07, 6.45) is 2.62. The molecule has 6 nitrogen and oxygen atoms in total. The van der Waals surface area contributed by atoms with E-state index in [9.17, 15) is 4.79 Å². The topological polar surface area (TPSA) is 65.4 Å². The number of nitrogens with one attached hydrogen (secondary N) is 1. The third kappa shape index (κ3) is 4.39. The maximum atomic E-state index is 12.4. The number of carbonyl (C=O) groups is 1. The highest BCUT2D eigenvalue weighted by Gasteiger charge is 2.16. The summed E-state index contributed by atoms with van der Waals surface area (Å²) in [6, 6.07) is 7.47. The molecule has 0 aliphatic carbocycles. The van der Waals surface area contributed by atoms with Crippen molar-refractivity contribution >= 4 is 11.6 Å². The van der Waals surface area contributed by atoms with Gasteiger partial charge in [0, 0.05) is 36.7 Å². The number of benzene rings is 1. The minimum Gasteiger partial charge on any atom is -0.491 e. The zero-order valence-corrected chi connectivity index (χ0v) is 15.0. The fraction of sp³-hybridized carbons (Fsp3) is 0.474. The predicted molar refractivity (Wildman–Crippen MR) is 95.9 cm³/mol. The number of nitrogens with zero attached hydrogens (tertiary/aromatic N) is 2. The third-order valence-corrected chi connectivity index (χ3v) is 4.57. The summed E-state index contributed by atoms with van der Waals surface area (Å²) in [6.45, 7) is 5.26. The lowest BCUT2D eigenvalue weighted by Crippen LogP contribution is -2.17. The Balaban J connectivity index is 1.58. The lowest BCUT2D eigenvalue weighted by atomic mass is 10.1. The normalized spacial score (nSPS) is 16.8. The number of ether oxygens (including phenoxy) is 2. The van der Waals surface area contributed by atoms with Gasteiger partial charge in [0.2, 0.25) is 5.91 Å². The van der Waals surface area contributed by atoms with Crippen molar-refractivity contribution in [3.63, 3.8) is 0 Å². The van der Waals surface area contributed by atoms with Gasteiger partial charge in [-0.3, -0.25) is 9.48 Å². The van der Waals surface area contributed by atoms with E-state index in [-0.39, 0.29) is 12.0 Å². The minimum absolute atomic E-state index is 0.0597. The molecule has 3 rings (SSSR count). The molecule has 134 valence electrons. The zero-order valence-electron chi connectivity index (χ0n) is 15.0. The molecule has 6 heteroatoms. The standard InChI is InChI=1S/C19H25N3O3/c1-13-18(14(2)22(3)21-13)11-19(23)20-15-6-4-7-16(10-15)25-12-17-8-5-9-24-17/h4,6-7,10,17H,5,8-9,11-12H2,1-3H3,(H,20,23). The van der Waals surface area contributed by atoms with Crippen LogP contribution in [-0.2, 0) is 23.0 Å². The van der Waals surface area contributed by atoms with Gasteiger partial charge in [0.25, 0.3) is 0 Å². The summed E-state index contributed by atoms with van der Waals surface area (Å²) in [5.74, 6) is 0.678. The number of rotatable bonds is 6. The van der Waals surface area contributed by atoms with Gasteiger partial charge in [0.05, 0.1) is 18.2 Å². The van der Waals surface area contributed by atoms with Gasteiger partial charge >= 0.3 is 0 Å². The first-order valence-corrected chi connectivity index (χ1v) is 8.66. The van der Waals surface area contributed by atoms with Gasteiger partial charge in [-0.2, -0.15) is 5.10 Å². The van der Waals surface area contributed by atoms with Gasteiger partial charge < -0.3 is 14.8 Å². The number of hydrogen-bond acceptors (Lipinski definition) is 4. The maximum absolute atomic E-state index is 12.4. The van der Waals surface area contributed by atoms with Crippen LogP contribution in [0.15, 0.2) is 24.3 Å². The minimum atomic E-state index is -0.0597. The Morgan fingerprint density at radius 2 is 2.28 bits per heavy atom. The van der Waals surface area contributed by atoms with Crippen LogP contribution in [0.4, 0.5) is 5.69 Å². The maximum Gasteiger partial charge on any atom is 0.228 e. The van der Waals surface area contributed by atoms with Crippen molar-refractivity contribution in [1.29, 1.82) is 0 Å². The van der Waals surface area contributed by atoms with E-state index in [1.807, 2.05) is 45.2 Å². The summed E-state index contributed by atoms with van der Waals surface area (Å²) >= 11 is 0. The Morgan fingerprint density at radius 3 is 2.96 bits per heavy atom. The Morgan fingerprint density at radius 1 is 1.44 bits per heavy atom. The van der Waals surface area contributed by atoms with Crippen LogP contribution in [0.2, 0.25) is 0 Å². The molecule has 1 unspecified atom stereocenters. The summed E-state index contributed by atoms with van der Waals surface area (Å²) in [5, 5.41) is 7.29. The van der Waals surface area contributed by atoms with E-state index < -0.39 is 0 Å². The number of anilines is 1. The van der Waals surface area contributed by atoms with E-state index in [0.717, 1.165) is 47.8 Å². The fourth-order valence-electron chi connectivity index (χ4n) is 3.07. The number of aryl methyl sites for hydroxylation is 2. The van der Waals surface area contributed by atoms with Crippen LogP contribution in [0.25, 0.3) is 0 Å². The van der Waals surface area contributed by atoms with Crippen LogP contribution in [0.5, 0.6) is 5.75 Å². The second kappa shape index (κ2) is 7.70. The average molecular weight is 343 g/mol. The van der Waals surface area contributed by atoms with Crippen molar-refractivity contribution in [2.24, 2.45) is 7.05 Å². The SMILES string of the molecule is Cc1nn(C)c(C)c1CC(=O)Nc1cccc(OCC2CCCO2)c1. The molecule has 1 amide bonds. The number of hydrogen-bond donors (Lipinski definition) is 1. The molecular formula is C19H25N3O3. The van der Waals surface area contributed by atoms with Crippen molar-refractivity contribution in [1.82, 2.24) is 9.78 Å². The molecule has 0 bridgehead atoms. The van der Waals surface area contributed by atoms with Crippen LogP contribution in [0, 0.1) is 13.8 Å². The number of amides is 1. The second-order valence-corrected chi connectivity index (χ2v) is 6.47. The largest absolute Gasteiger partial charge is 0.491 e. The van der Waals surface area contributed by atoms with E-state index in [1.54, 1.807) is 4.68 Å². The molecule has 0 radical (unpaired) electrons. The lowest BCUT2D eigenvalue weighted by molar-refractivity contribution is -0.115. The van der Waals surface area contributed by atoms with E-state index in [1.165, 1.54) is 0 Å². The molecule has 1 saturated heterocycles. The zero-order chi connectivity index (χ0) is 17.8. The molecule has 1 aliphatic rings. The summed E-state index contributed by atoms with van der Waals surface area (Å²) < 4.78 is 13.1. The molecule has 2 aromatic rings. The Hall–Kier alpha value is -2.34. The predicted octanol–water partition coefficient (Wildman–Crippen LogP) is 2.78. The number of carbonyl (C=O) groups excluding carboxylic acids is 1. The smallest absolute Gasteiger partial charge is 0.228 e. The first-order valence-electron chi connectivity index (χ1n) is 8.66. The van der Waals surface area contributed by atoms with Gasteiger partial charge in [-0.05, 0) is 38.8 Å². The third-order valence-electron chi connectivity index (χ3n) is 4.57. The Bertz CT molecular complexity index is 748. The molecule has 1 aliphatic heterocycles. The van der Waals surface area contributed by atoms with E-state index in [4.69, 9.17) is 9.47 Å². The first-order chi connectivity index (χ1) is 12.0. The Labute approximate surface area is 148 Å². The molecule has 1 fully saturated rings. The highest BCUT2D eigenvalue weighted by Crippen LogP contribution is 2.20. The fourth-order valence-corrected chi connectivity index (χ4v) is 3.07. The summed E-state index contributed by atoms with van der Waals surface area (Å²) in [4.78, 5) is 12.4. The van der Waals surface area contributed by atoms with Gasteiger partial charge in [-0.25, -0.2) is 0 Å². The van der Waals surface area contributed by atoms with Crippen LogP contribution < -0.4 is 10.1 Å². The van der Waals surface area contributed by atoms with E-state index in [2.05, 4.69) is 10.4 Å². The van der Waals surface area contributed by atoms with Crippen molar-refractivity contribution in [3.05, 3.63) is 41.2 Å². The van der Waals surface area contributed by atoms with Gasteiger partial charge in [-0.15, -0.1) is 0 Å². The van der Waals surface area contributed by atoms with Crippen molar-refractivity contribution in [2.45, 2.75) is 39.2 Å². The molecule has 1 aromatic carbocycles. The van der Waals surface area contributed by atoms with Crippen molar-refractivity contribution in [2.75, 3.05) is 18.5 Å². The molecule has 25 heavy (non-hydrogen) atoms. The molecular weight excluding hydrogens is 318 g/mol. The quantitative estimate of drug-likeness (QED) is 0.876. The van der Waals surface area contributed by atoms with E-state index >= 15 is 0 Å². The van der Waals surface area contributed by atoms with Crippen LogP contribution >= 0.6 is 0 Å². The Kier molecular flexibility index (Phi) is 5.38. The highest BCUT2D eigenvalue weighted by atomic mass is 16.5. The van der Waals surface area contributed by atoms with Crippen molar-refractivity contribution in [3.8, 4) is 5.75 Å². The molecule has 1 N–H and O–H groups in total. The molecule has 0 spiro atoms. The van der Waals surface area contributed by atoms with Gasteiger partial charge in [0.1, 0.15) is 12.4 Å². The molecule has 1 atom stereocenters. The first kappa shape index (κ1) is 17.5. The summed E-state index contributed by atoms with van der Waals surface area (Å²) in [7, 11) is 1.89. The monoisotopic (exact) mass is 343 g/mol. The molecule has 0 saturated carbocycles. The lowest BCUT2D eigenvalue weighted by Gasteiger charge is -2.12. The average Bonchev–Trinajstić information content (AvgIpc) is 3.18. The molecule has 2 heterocycles. The van der Waals surface area contributed by atoms with Crippen LogP contribution in [0.1, 0.15) is 29.8 Å². The number of aromatic nitrogens is 2. The molecule has 1 aromatic heterocycles. The summed E-state index contributed by atoms with van der Waals surface area (Å²) in [5.41, 5.74) is 3.62.